The van der Waals surface area contributed by atoms with Crippen molar-refractivity contribution in [2.45, 2.75) is 48.5 Å². The fraction of sp³-hybridized carbons (Fsp3) is 0.444. The van der Waals surface area contributed by atoms with Crippen LogP contribution in [0, 0.1) is 48.5 Å². The van der Waals surface area contributed by atoms with Crippen LogP contribution in [0.5, 0.6) is 0 Å². The molecular formula is C18H27N7O2S. The number of thiazole rings is 1. The lowest BCUT2D eigenvalue weighted by atomic mass is 10.4. The van der Waals surface area contributed by atoms with Gasteiger partial charge in [-0.1, -0.05) is 5.16 Å². The van der Waals surface area contributed by atoms with Gasteiger partial charge in [-0.15, -0.1) is 21.5 Å². The molecule has 10 heteroatoms. The third kappa shape index (κ3) is 10.3. The van der Waals surface area contributed by atoms with Crippen molar-refractivity contribution in [3.05, 3.63) is 57.3 Å². The molecule has 0 aliphatic rings. The van der Waals surface area contributed by atoms with E-state index in [2.05, 4.69) is 37.5 Å². The summed E-state index contributed by atoms with van der Waals surface area (Å²) in [6, 6.07) is 1.89. The van der Waals surface area contributed by atoms with Gasteiger partial charge < -0.3 is 8.94 Å². The molecule has 4 aromatic heterocycles. The predicted octanol–water partition coefficient (Wildman–Crippen LogP) is 3.86. The fourth-order valence-electron chi connectivity index (χ4n) is 1.80. The Morgan fingerprint density at radius 3 is 1.79 bits per heavy atom. The lowest BCUT2D eigenvalue weighted by Gasteiger charge is -1.73. The minimum Gasteiger partial charge on any atom is -0.446 e. The van der Waals surface area contributed by atoms with Crippen molar-refractivity contribution in [3.63, 3.8) is 0 Å². The Labute approximate surface area is 168 Å². The molecule has 4 rings (SSSR count). The molecule has 0 aliphatic heterocycles. The minimum atomic E-state index is 0.711. The van der Waals surface area contributed by atoms with Crippen LogP contribution < -0.4 is 0 Å². The van der Waals surface area contributed by atoms with E-state index in [0.717, 1.165) is 28.1 Å². The van der Waals surface area contributed by atoms with Gasteiger partial charge in [-0.05, 0) is 46.8 Å². The summed E-state index contributed by atoms with van der Waals surface area (Å²) in [6.45, 7) is 13.3. The average Bonchev–Trinajstić information content (AvgIpc) is 3.37. The van der Waals surface area contributed by atoms with Crippen LogP contribution in [0.3, 0.4) is 0 Å². The number of oxazole rings is 1. The van der Waals surface area contributed by atoms with Gasteiger partial charge in [-0.25, -0.2) is 9.97 Å². The average molecular weight is 406 g/mol. The number of hydrogen-bond acceptors (Lipinski definition) is 9. The monoisotopic (exact) mass is 405 g/mol. The second-order valence-corrected chi connectivity index (χ2v) is 7.32. The Hall–Kier alpha value is -2.88. The first-order valence-corrected chi connectivity index (χ1v) is 9.36. The van der Waals surface area contributed by atoms with E-state index in [9.17, 15) is 0 Å². The van der Waals surface area contributed by atoms with E-state index in [1.807, 2.05) is 46.9 Å². The van der Waals surface area contributed by atoms with E-state index in [1.165, 1.54) is 9.67 Å². The van der Waals surface area contributed by atoms with E-state index in [4.69, 9.17) is 8.94 Å². The maximum atomic E-state index is 4.97. The molecule has 28 heavy (non-hydrogen) atoms. The summed E-state index contributed by atoms with van der Waals surface area (Å²) in [5.41, 5.74) is 0.942. The molecule has 0 radical (unpaired) electrons. The van der Waals surface area contributed by atoms with Crippen molar-refractivity contribution in [1.29, 1.82) is 0 Å². The minimum absolute atomic E-state index is 0.711. The lowest BCUT2D eigenvalue weighted by Crippen LogP contribution is -1.91. The van der Waals surface area contributed by atoms with Crippen LogP contribution in [-0.2, 0) is 7.05 Å². The molecule has 0 saturated carbocycles. The Kier molecular flexibility index (Phi) is 9.72. The van der Waals surface area contributed by atoms with E-state index >= 15 is 0 Å². The van der Waals surface area contributed by atoms with Crippen LogP contribution in [0.15, 0.2) is 27.4 Å². The van der Waals surface area contributed by atoms with Gasteiger partial charge >= 0.3 is 0 Å². The van der Waals surface area contributed by atoms with Crippen molar-refractivity contribution in [2.75, 3.05) is 0 Å². The molecule has 4 heterocycles. The zero-order valence-electron chi connectivity index (χ0n) is 17.6. The van der Waals surface area contributed by atoms with Gasteiger partial charge in [-0.2, -0.15) is 4.80 Å². The van der Waals surface area contributed by atoms with Gasteiger partial charge in [0.25, 0.3) is 0 Å². The summed E-state index contributed by atoms with van der Waals surface area (Å²) in [5.74, 6) is 3.19. The molecule has 0 saturated heterocycles. The molecule has 9 nitrogen and oxygen atoms in total. The molecule has 0 spiro atoms. The summed E-state index contributed by atoms with van der Waals surface area (Å²) in [7, 11) is 1.74. The smallest absolute Gasteiger partial charge is 0.191 e. The van der Waals surface area contributed by atoms with Crippen molar-refractivity contribution >= 4 is 11.3 Å². The third-order valence-corrected chi connectivity index (χ3v) is 3.66. The summed E-state index contributed by atoms with van der Waals surface area (Å²) in [6.07, 6.45) is 3.59. The molecule has 0 atom stereocenters. The summed E-state index contributed by atoms with van der Waals surface area (Å²) < 4.78 is 9.69. The second-order valence-electron chi connectivity index (χ2n) is 5.88. The van der Waals surface area contributed by atoms with Crippen molar-refractivity contribution in [1.82, 2.24) is 35.3 Å². The van der Waals surface area contributed by atoms with E-state index in [0.29, 0.717) is 5.82 Å². The highest BCUT2D eigenvalue weighted by molar-refractivity contribution is 7.11. The number of nitrogens with zero attached hydrogens (tertiary/aromatic N) is 7. The maximum Gasteiger partial charge on any atom is 0.191 e. The highest BCUT2D eigenvalue weighted by Crippen LogP contribution is 2.07. The van der Waals surface area contributed by atoms with Gasteiger partial charge in [-0.3, -0.25) is 0 Å². The SMILES string of the molecule is Cc1cc(C)on1.Cc1cnc(C)o1.Cc1cnc(C)s1.Cc1nnn(C)n1. The normalized spacial score (nSPS) is 9.43. The topological polar surface area (TPSA) is 109 Å². The molecule has 0 aliphatic carbocycles. The van der Waals surface area contributed by atoms with Gasteiger partial charge in [0.05, 0.1) is 23.9 Å². The molecule has 0 N–H and O–H groups in total. The second kappa shape index (κ2) is 11.8. The highest BCUT2D eigenvalue weighted by Gasteiger charge is 1.89. The largest absolute Gasteiger partial charge is 0.446 e. The Morgan fingerprint density at radius 2 is 1.64 bits per heavy atom. The Morgan fingerprint density at radius 1 is 0.929 bits per heavy atom. The maximum absolute atomic E-state index is 4.97. The molecule has 152 valence electrons. The molecule has 0 aromatic carbocycles. The molecule has 0 fully saturated rings. The van der Waals surface area contributed by atoms with Gasteiger partial charge in [0.2, 0.25) is 0 Å². The summed E-state index contributed by atoms with van der Waals surface area (Å²) in [5, 5.41) is 15.8. The molecule has 0 amide bonds. The number of rotatable bonds is 0. The quantitative estimate of drug-likeness (QED) is 0.434. The third-order valence-electron chi connectivity index (χ3n) is 2.83. The number of hydrogen-bond donors (Lipinski definition) is 0. The van der Waals surface area contributed by atoms with Gasteiger partial charge in [0.1, 0.15) is 11.5 Å². The van der Waals surface area contributed by atoms with Crippen LogP contribution in [-0.4, -0.2) is 35.3 Å². The van der Waals surface area contributed by atoms with Crippen LogP contribution >= 0.6 is 11.3 Å². The number of aryl methyl sites for hydroxylation is 8. The van der Waals surface area contributed by atoms with Crippen molar-refractivity contribution < 1.29 is 8.94 Å². The van der Waals surface area contributed by atoms with E-state index in [1.54, 1.807) is 31.5 Å². The Bertz CT molecular complexity index is 720. The van der Waals surface area contributed by atoms with Crippen LogP contribution in [0.2, 0.25) is 0 Å². The first kappa shape index (κ1) is 23.2. The van der Waals surface area contributed by atoms with E-state index in [-0.39, 0.29) is 0 Å². The molecule has 4 aromatic rings. The van der Waals surface area contributed by atoms with Crippen molar-refractivity contribution in [3.8, 4) is 0 Å². The highest BCUT2D eigenvalue weighted by atomic mass is 32.1. The van der Waals surface area contributed by atoms with Gasteiger partial charge in [0.15, 0.2) is 11.7 Å². The van der Waals surface area contributed by atoms with Crippen LogP contribution in [0.4, 0.5) is 0 Å². The standard InChI is InChI=1S/2C5H7NO.C5H7NS.C3H6N4/c1-4-3-6-5(2)7-4;1-4-3-5(2)7-6-4;1-4-3-6-5(2)7-4;1-3-4-6-7(2)5-3/h3*3H,1-2H3;1-2H3. The lowest BCUT2D eigenvalue weighted by molar-refractivity contribution is 0.393. The number of tetrazole rings is 1. The predicted molar refractivity (Wildman–Crippen MR) is 107 cm³/mol. The van der Waals surface area contributed by atoms with Crippen LogP contribution in [0.1, 0.15) is 38.8 Å². The molecular weight excluding hydrogens is 378 g/mol. The molecule has 0 unspecified atom stereocenters. The molecule has 0 bridgehead atoms. The number of aromatic nitrogens is 7. The van der Waals surface area contributed by atoms with Crippen molar-refractivity contribution in [2.24, 2.45) is 7.05 Å². The van der Waals surface area contributed by atoms with E-state index < -0.39 is 0 Å². The zero-order valence-corrected chi connectivity index (χ0v) is 18.4. The summed E-state index contributed by atoms with van der Waals surface area (Å²) in [4.78, 5) is 10.6. The summed E-state index contributed by atoms with van der Waals surface area (Å²) >= 11 is 1.73. The van der Waals surface area contributed by atoms with Gasteiger partial charge in [0, 0.05) is 24.1 Å². The zero-order chi connectivity index (χ0) is 21.1. The van der Waals surface area contributed by atoms with Crippen LogP contribution in [0.25, 0.3) is 0 Å². The first-order chi connectivity index (χ1) is 13.2. The Balaban J connectivity index is 0.000000187. The first-order valence-electron chi connectivity index (χ1n) is 8.54. The fourth-order valence-corrected chi connectivity index (χ4v) is 2.48.